The minimum absolute atomic E-state index is 0.0801. The van der Waals surface area contributed by atoms with E-state index in [0.717, 1.165) is 18.9 Å². The van der Waals surface area contributed by atoms with E-state index in [0.29, 0.717) is 0 Å². The molecule has 2 N–H and O–H groups in total. The lowest BCUT2D eigenvalue weighted by Crippen LogP contribution is -2.32. The number of aromatic amines is 1. The number of hydrogen-bond acceptors (Lipinski definition) is 4. The van der Waals surface area contributed by atoms with Gasteiger partial charge in [-0.2, -0.15) is 18.3 Å². The van der Waals surface area contributed by atoms with Gasteiger partial charge in [-0.3, -0.25) is 14.7 Å². The highest BCUT2D eigenvalue weighted by molar-refractivity contribution is 6.05. The number of nitrogens with one attached hydrogen (secondary N) is 2. The molecule has 29 heavy (non-hydrogen) atoms. The molecule has 0 bridgehead atoms. The molecular weight excluding hydrogens is 387 g/mol. The number of aromatic nitrogens is 4. The van der Waals surface area contributed by atoms with Gasteiger partial charge in [-0.15, -0.1) is 0 Å². The first-order valence-electron chi connectivity index (χ1n) is 9.04. The average molecular weight is 405 g/mol. The molecule has 1 aliphatic carbocycles. The molecule has 0 saturated heterocycles. The van der Waals surface area contributed by atoms with Crippen molar-refractivity contribution in [2.24, 2.45) is 0 Å². The zero-order chi connectivity index (χ0) is 21.0. The third-order valence-corrected chi connectivity index (χ3v) is 5.27. The molecule has 1 atom stereocenters. The number of carbonyl (C=O) groups is 1. The van der Waals surface area contributed by atoms with Gasteiger partial charge in [0.2, 0.25) is 0 Å². The van der Waals surface area contributed by atoms with E-state index in [-0.39, 0.29) is 33.3 Å². The summed E-state index contributed by atoms with van der Waals surface area (Å²) >= 11 is 0. The molecule has 0 aromatic carbocycles. The van der Waals surface area contributed by atoms with Crippen molar-refractivity contribution in [1.82, 2.24) is 25.1 Å². The van der Waals surface area contributed by atoms with E-state index < -0.39 is 23.8 Å². The molecule has 1 fully saturated rings. The molecule has 0 aliphatic heterocycles. The zero-order valence-corrected chi connectivity index (χ0v) is 15.7. The summed E-state index contributed by atoms with van der Waals surface area (Å²) in [5, 5.41) is 9.48. The predicted molar refractivity (Wildman–Crippen MR) is 98.4 cm³/mol. The third-order valence-electron chi connectivity index (χ3n) is 5.27. The quantitative estimate of drug-likeness (QED) is 0.698. The van der Waals surface area contributed by atoms with Crippen LogP contribution in [0.5, 0.6) is 0 Å². The number of hydrogen-bond donors (Lipinski definition) is 2. The summed E-state index contributed by atoms with van der Waals surface area (Å²) in [6.07, 6.45) is -0.0767. The molecule has 1 aliphatic rings. The van der Waals surface area contributed by atoms with E-state index in [1.54, 1.807) is 6.92 Å². The fourth-order valence-corrected chi connectivity index (χ4v) is 3.23. The summed E-state index contributed by atoms with van der Waals surface area (Å²) in [5.74, 6) is -0.538. The van der Waals surface area contributed by atoms with Crippen LogP contribution in [-0.2, 0) is 11.7 Å². The highest BCUT2D eigenvalue weighted by Gasteiger charge is 2.41. The molecule has 0 radical (unpaired) electrons. The van der Waals surface area contributed by atoms with Crippen molar-refractivity contribution in [3.05, 3.63) is 57.9 Å². The molecular formula is C19H18F3N5O2. The first-order valence-corrected chi connectivity index (χ1v) is 9.04. The second-order valence-electron chi connectivity index (χ2n) is 7.51. The monoisotopic (exact) mass is 405 g/mol. The van der Waals surface area contributed by atoms with Gasteiger partial charge in [0.05, 0.1) is 34.4 Å². The van der Waals surface area contributed by atoms with Gasteiger partial charge in [0.15, 0.2) is 0 Å². The first kappa shape index (κ1) is 19.2. The van der Waals surface area contributed by atoms with Crippen LogP contribution in [0.15, 0.2) is 35.4 Å². The lowest BCUT2D eigenvalue weighted by molar-refractivity contribution is -0.141. The molecule has 152 valence electrons. The third kappa shape index (κ3) is 3.39. The molecule has 7 nitrogen and oxygen atoms in total. The zero-order valence-electron chi connectivity index (χ0n) is 15.7. The molecule has 4 rings (SSSR count). The van der Waals surface area contributed by atoms with E-state index in [9.17, 15) is 22.8 Å². The smallest absolute Gasteiger partial charge is 0.344 e. The Bertz CT molecular complexity index is 1160. The fraction of sp³-hybridized carbons (Fsp3) is 0.368. The number of nitrogens with zero attached hydrogens (tertiary/aromatic N) is 3. The largest absolute Gasteiger partial charge is 0.433 e. The van der Waals surface area contributed by atoms with E-state index >= 15 is 0 Å². The predicted octanol–water partition coefficient (Wildman–Crippen LogP) is 3.14. The van der Waals surface area contributed by atoms with E-state index in [1.165, 1.54) is 29.1 Å². The highest BCUT2D eigenvalue weighted by Crippen LogP contribution is 2.42. The van der Waals surface area contributed by atoms with E-state index in [4.69, 9.17) is 0 Å². The molecule has 1 amide bonds. The number of halogens is 3. The van der Waals surface area contributed by atoms with Gasteiger partial charge in [0.25, 0.3) is 11.5 Å². The standard InChI is InChI=1S/C19H18F3N5O2/c1-10(13-4-3-5-14(25-13)19(20,21)22)24-16(28)12-9-27(18(2)6-7-18)17(29)11-8-23-26-15(11)12/h3-5,8-10H,6-7H2,1-2H3,(H,23,26)(H,24,28). The summed E-state index contributed by atoms with van der Waals surface area (Å²) in [4.78, 5) is 29.2. The molecule has 3 heterocycles. The lowest BCUT2D eigenvalue weighted by Gasteiger charge is -2.18. The van der Waals surface area contributed by atoms with Crippen LogP contribution in [0.25, 0.3) is 10.9 Å². The Balaban J connectivity index is 1.67. The van der Waals surface area contributed by atoms with Crippen LogP contribution in [0.2, 0.25) is 0 Å². The van der Waals surface area contributed by atoms with Gasteiger partial charge >= 0.3 is 6.18 Å². The minimum atomic E-state index is -4.57. The van der Waals surface area contributed by atoms with Gasteiger partial charge in [0, 0.05) is 11.7 Å². The Morgan fingerprint density at radius 3 is 2.72 bits per heavy atom. The Morgan fingerprint density at radius 2 is 2.07 bits per heavy atom. The highest BCUT2D eigenvalue weighted by atomic mass is 19.4. The second kappa shape index (κ2) is 6.43. The van der Waals surface area contributed by atoms with Crippen molar-refractivity contribution in [3.8, 4) is 0 Å². The Morgan fingerprint density at radius 1 is 1.34 bits per heavy atom. The number of fused-ring (bicyclic) bond motifs is 1. The van der Waals surface area contributed by atoms with E-state index in [2.05, 4.69) is 20.5 Å². The summed E-state index contributed by atoms with van der Waals surface area (Å²) in [6.45, 7) is 3.47. The van der Waals surface area contributed by atoms with Gasteiger partial charge in [-0.25, -0.2) is 4.98 Å². The Labute approximate surface area is 162 Å². The average Bonchev–Trinajstić information content (AvgIpc) is 3.21. The number of H-pyrrole nitrogens is 1. The number of pyridine rings is 2. The van der Waals surface area contributed by atoms with Crippen LogP contribution >= 0.6 is 0 Å². The van der Waals surface area contributed by atoms with E-state index in [1.807, 2.05) is 6.92 Å². The van der Waals surface area contributed by atoms with Crippen LogP contribution in [0.3, 0.4) is 0 Å². The van der Waals surface area contributed by atoms with Crippen molar-refractivity contribution in [1.29, 1.82) is 0 Å². The van der Waals surface area contributed by atoms with Crippen molar-refractivity contribution >= 4 is 16.8 Å². The minimum Gasteiger partial charge on any atom is -0.344 e. The van der Waals surface area contributed by atoms with Crippen molar-refractivity contribution < 1.29 is 18.0 Å². The summed E-state index contributed by atoms with van der Waals surface area (Å²) in [7, 11) is 0. The van der Waals surface area contributed by atoms with Gasteiger partial charge in [-0.05, 0) is 38.8 Å². The molecule has 3 aromatic rings. The number of rotatable bonds is 4. The molecule has 1 saturated carbocycles. The fourth-order valence-electron chi connectivity index (χ4n) is 3.23. The molecule has 3 aromatic heterocycles. The maximum absolute atomic E-state index is 12.9. The van der Waals surface area contributed by atoms with Crippen molar-refractivity contribution in [3.63, 3.8) is 0 Å². The van der Waals surface area contributed by atoms with Crippen LogP contribution in [-0.4, -0.2) is 25.7 Å². The topological polar surface area (TPSA) is 92.7 Å². The van der Waals surface area contributed by atoms with Crippen LogP contribution in [0.1, 0.15) is 54.5 Å². The van der Waals surface area contributed by atoms with Gasteiger partial charge < -0.3 is 9.88 Å². The molecule has 10 heteroatoms. The SMILES string of the molecule is CC(NC(=O)c1cn(C2(C)CC2)c(=O)c2cn[nH]c12)c1cccc(C(F)(F)F)n1. The maximum atomic E-state index is 12.9. The van der Waals surface area contributed by atoms with Gasteiger partial charge in [0.1, 0.15) is 5.69 Å². The van der Waals surface area contributed by atoms with Gasteiger partial charge in [-0.1, -0.05) is 6.07 Å². The number of alkyl halides is 3. The Kier molecular flexibility index (Phi) is 4.25. The van der Waals surface area contributed by atoms with Crippen molar-refractivity contribution in [2.75, 3.05) is 0 Å². The lowest BCUT2D eigenvalue weighted by atomic mass is 10.1. The number of amides is 1. The number of carbonyl (C=O) groups excluding carboxylic acids is 1. The normalized spacial score (nSPS) is 16.6. The van der Waals surface area contributed by atoms with Crippen LogP contribution in [0, 0.1) is 0 Å². The summed E-state index contributed by atoms with van der Waals surface area (Å²) in [6, 6.07) is 2.76. The van der Waals surface area contributed by atoms with Crippen LogP contribution < -0.4 is 10.9 Å². The summed E-state index contributed by atoms with van der Waals surface area (Å²) in [5.41, 5.74) is -1.04. The summed E-state index contributed by atoms with van der Waals surface area (Å²) < 4.78 is 40.2. The Hall–Kier alpha value is -3.17. The molecule has 0 spiro atoms. The van der Waals surface area contributed by atoms with Crippen LogP contribution in [0.4, 0.5) is 13.2 Å². The maximum Gasteiger partial charge on any atom is 0.433 e. The first-order chi connectivity index (χ1) is 13.6. The molecule has 1 unspecified atom stereocenters. The second-order valence-corrected chi connectivity index (χ2v) is 7.51. The van der Waals surface area contributed by atoms with Crippen molar-refractivity contribution in [2.45, 2.75) is 44.4 Å².